The average Bonchev–Trinajstić information content (AvgIpc) is 2.36. The van der Waals surface area contributed by atoms with Gasteiger partial charge in [0.1, 0.15) is 0 Å². The molecule has 1 aromatic rings. The van der Waals surface area contributed by atoms with E-state index in [2.05, 4.69) is 63.3 Å². The van der Waals surface area contributed by atoms with Crippen LogP contribution in [0.2, 0.25) is 0 Å². The van der Waals surface area contributed by atoms with Crippen LogP contribution < -0.4 is 0 Å². The summed E-state index contributed by atoms with van der Waals surface area (Å²) in [5.74, 6) is 0. The van der Waals surface area contributed by atoms with Gasteiger partial charge in [0.25, 0.3) is 0 Å². The lowest BCUT2D eigenvalue weighted by atomic mass is 9.83. The lowest BCUT2D eigenvalue weighted by Gasteiger charge is -2.21. The third-order valence-corrected chi connectivity index (χ3v) is 3.44. The van der Waals surface area contributed by atoms with Gasteiger partial charge in [-0.2, -0.15) is 0 Å². The highest BCUT2D eigenvalue weighted by atomic mass is 14.2. The van der Waals surface area contributed by atoms with Crippen LogP contribution in [-0.2, 0) is 0 Å². The van der Waals surface area contributed by atoms with Gasteiger partial charge in [-0.25, -0.2) is 0 Å². The summed E-state index contributed by atoms with van der Waals surface area (Å²) >= 11 is 0. The Morgan fingerprint density at radius 3 is 2.53 bits per heavy atom. The van der Waals surface area contributed by atoms with E-state index >= 15 is 0 Å². The van der Waals surface area contributed by atoms with Crippen molar-refractivity contribution in [2.75, 3.05) is 0 Å². The molecule has 0 heterocycles. The summed E-state index contributed by atoms with van der Waals surface area (Å²) in [5.41, 5.74) is 7.16. The quantitative estimate of drug-likeness (QED) is 0.645. The van der Waals surface area contributed by atoms with E-state index in [4.69, 9.17) is 0 Å². The Labute approximate surface area is 104 Å². The molecule has 0 heteroatoms. The van der Waals surface area contributed by atoms with Gasteiger partial charge in [-0.3, -0.25) is 0 Å². The van der Waals surface area contributed by atoms with Crippen LogP contribution in [0.4, 0.5) is 0 Å². The first-order valence-electron chi connectivity index (χ1n) is 6.36. The number of hydrogen-bond donors (Lipinski definition) is 0. The van der Waals surface area contributed by atoms with Crippen LogP contribution in [0.3, 0.4) is 0 Å². The van der Waals surface area contributed by atoms with Crippen molar-refractivity contribution in [1.82, 2.24) is 0 Å². The Morgan fingerprint density at radius 2 is 1.82 bits per heavy atom. The normalized spacial score (nSPS) is 17.9. The minimum Gasteiger partial charge on any atom is -0.0848 e. The summed E-state index contributed by atoms with van der Waals surface area (Å²) in [6, 6.07) is 8.71. The molecule has 0 nitrogen and oxygen atoms in total. The minimum absolute atomic E-state index is 1.08. The number of hydrogen-bond acceptors (Lipinski definition) is 0. The topological polar surface area (TPSA) is 0 Å². The molecule has 1 aliphatic rings. The number of rotatable bonds is 2. The van der Waals surface area contributed by atoms with Crippen LogP contribution in [0.25, 0.3) is 11.1 Å². The number of fused-ring (bicyclic) bond motifs is 1. The van der Waals surface area contributed by atoms with Gasteiger partial charge in [-0.05, 0) is 49.0 Å². The van der Waals surface area contributed by atoms with Gasteiger partial charge in [0.2, 0.25) is 0 Å². The molecule has 88 valence electrons. The second kappa shape index (κ2) is 5.18. The van der Waals surface area contributed by atoms with Crippen LogP contribution in [0.15, 0.2) is 48.1 Å². The largest absolute Gasteiger partial charge is 0.0848 e. The fourth-order valence-corrected chi connectivity index (χ4v) is 2.30. The van der Waals surface area contributed by atoms with E-state index in [9.17, 15) is 0 Å². The fourth-order valence-electron chi connectivity index (χ4n) is 2.30. The summed E-state index contributed by atoms with van der Waals surface area (Å²) in [5, 5.41) is 0. The third-order valence-electron chi connectivity index (χ3n) is 3.44. The van der Waals surface area contributed by atoms with E-state index in [-0.39, 0.29) is 0 Å². The van der Waals surface area contributed by atoms with E-state index in [1.54, 1.807) is 0 Å². The highest BCUT2D eigenvalue weighted by Crippen LogP contribution is 2.37. The first kappa shape index (κ1) is 11.9. The van der Waals surface area contributed by atoms with Crippen LogP contribution >= 0.6 is 0 Å². The SMILES string of the molecule is CC/C=C\C=C1/CC(C)=C(C)c2ccccc21. The molecule has 0 spiro atoms. The van der Waals surface area contributed by atoms with E-state index < -0.39 is 0 Å². The van der Waals surface area contributed by atoms with Crippen LogP contribution in [0, 0.1) is 0 Å². The summed E-state index contributed by atoms with van der Waals surface area (Å²) in [6.45, 7) is 6.63. The van der Waals surface area contributed by atoms with Gasteiger partial charge in [0.05, 0.1) is 0 Å². The molecule has 0 saturated heterocycles. The predicted molar refractivity (Wildman–Crippen MR) is 76.7 cm³/mol. The van der Waals surface area contributed by atoms with Crippen molar-refractivity contribution in [3.63, 3.8) is 0 Å². The zero-order valence-corrected chi connectivity index (χ0v) is 11.0. The van der Waals surface area contributed by atoms with E-state index in [1.165, 1.54) is 27.8 Å². The van der Waals surface area contributed by atoms with E-state index in [0.29, 0.717) is 0 Å². The molecule has 17 heavy (non-hydrogen) atoms. The maximum atomic E-state index is 2.26. The van der Waals surface area contributed by atoms with Crippen LogP contribution in [0.1, 0.15) is 44.7 Å². The van der Waals surface area contributed by atoms with Gasteiger partial charge in [0, 0.05) is 0 Å². The van der Waals surface area contributed by atoms with Crippen molar-refractivity contribution in [1.29, 1.82) is 0 Å². The highest BCUT2D eigenvalue weighted by molar-refractivity contribution is 5.86. The Morgan fingerprint density at radius 1 is 1.12 bits per heavy atom. The monoisotopic (exact) mass is 224 g/mol. The molecule has 0 amide bonds. The molecule has 0 radical (unpaired) electrons. The zero-order valence-electron chi connectivity index (χ0n) is 11.0. The van der Waals surface area contributed by atoms with Crippen molar-refractivity contribution in [3.8, 4) is 0 Å². The third kappa shape index (κ3) is 2.41. The molecule has 0 bridgehead atoms. The molecule has 0 N–H and O–H groups in total. The highest BCUT2D eigenvalue weighted by Gasteiger charge is 2.16. The molecule has 0 aromatic heterocycles. The molecule has 0 atom stereocenters. The lowest BCUT2D eigenvalue weighted by Crippen LogP contribution is -2.00. The molecule has 0 saturated carbocycles. The fraction of sp³-hybridized carbons (Fsp3) is 0.294. The molecular weight excluding hydrogens is 204 g/mol. The summed E-state index contributed by atoms with van der Waals surface area (Å²) in [4.78, 5) is 0. The van der Waals surface area contributed by atoms with Gasteiger partial charge in [0.15, 0.2) is 0 Å². The maximum Gasteiger partial charge on any atom is -0.00578 e. The molecule has 1 aromatic carbocycles. The van der Waals surface area contributed by atoms with Crippen molar-refractivity contribution >= 4 is 11.1 Å². The Balaban J connectivity index is 2.47. The first-order chi connectivity index (χ1) is 8.24. The summed E-state index contributed by atoms with van der Waals surface area (Å²) < 4.78 is 0. The molecule has 1 aliphatic carbocycles. The molecular formula is C17H20. The Bertz CT molecular complexity index is 499. The maximum absolute atomic E-state index is 2.26. The summed E-state index contributed by atoms with van der Waals surface area (Å²) in [7, 11) is 0. The number of benzene rings is 1. The van der Waals surface area contributed by atoms with E-state index in [0.717, 1.165) is 12.8 Å². The lowest BCUT2D eigenvalue weighted by molar-refractivity contribution is 1.18. The zero-order chi connectivity index (χ0) is 12.3. The van der Waals surface area contributed by atoms with Crippen LogP contribution in [-0.4, -0.2) is 0 Å². The van der Waals surface area contributed by atoms with Gasteiger partial charge >= 0.3 is 0 Å². The van der Waals surface area contributed by atoms with Crippen molar-refractivity contribution in [2.45, 2.75) is 33.6 Å². The second-order valence-corrected chi connectivity index (χ2v) is 4.66. The Hall–Kier alpha value is -1.56. The van der Waals surface area contributed by atoms with Gasteiger partial charge < -0.3 is 0 Å². The second-order valence-electron chi connectivity index (χ2n) is 4.66. The predicted octanol–water partition coefficient (Wildman–Crippen LogP) is 5.23. The molecule has 0 fully saturated rings. The van der Waals surface area contributed by atoms with Gasteiger partial charge in [-0.15, -0.1) is 0 Å². The summed E-state index contributed by atoms with van der Waals surface area (Å²) in [6.07, 6.45) is 8.82. The standard InChI is InChI=1S/C17H20/c1-4-5-6-9-15-12-13(2)14(3)16-10-7-8-11-17(15)16/h5-11H,4,12H2,1-3H3/b6-5-,15-9+. The van der Waals surface area contributed by atoms with Crippen LogP contribution in [0.5, 0.6) is 0 Å². The Kier molecular flexibility index (Phi) is 3.63. The van der Waals surface area contributed by atoms with E-state index in [1.807, 2.05) is 0 Å². The average molecular weight is 224 g/mol. The number of allylic oxidation sites excluding steroid dienone is 6. The minimum atomic E-state index is 1.08. The first-order valence-corrected chi connectivity index (χ1v) is 6.36. The van der Waals surface area contributed by atoms with Gasteiger partial charge in [-0.1, -0.05) is 55.0 Å². The van der Waals surface area contributed by atoms with Crippen molar-refractivity contribution in [3.05, 3.63) is 59.2 Å². The smallest absolute Gasteiger partial charge is 0.00578 e. The molecule has 2 rings (SSSR count). The van der Waals surface area contributed by atoms with Crippen molar-refractivity contribution < 1.29 is 0 Å². The molecule has 0 unspecified atom stereocenters. The van der Waals surface area contributed by atoms with Crippen molar-refractivity contribution in [2.24, 2.45) is 0 Å². The molecule has 0 aliphatic heterocycles.